The van der Waals surface area contributed by atoms with E-state index in [2.05, 4.69) is 172 Å². The fourth-order valence-electron chi connectivity index (χ4n) is 7.47. The smallest absolute Gasteiger partial charge is 0.462 e. The van der Waals surface area contributed by atoms with Crippen LogP contribution in [-0.2, 0) is 32.7 Å². The summed E-state index contributed by atoms with van der Waals surface area (Å²) in [5.41, 5.74) is 0. The summed E-state index contributed by atoms with van der Waals surface area (Å²) >= 11 is 0. The monoisotopic (exact) mass is 1100 g/mol. The van der Waals surface area contributed by atoms with E-state index in [0.29, 0.717) is 23.9 Å². The van der Waals surface area contributed by atoms with Crippen molar-refractivity contribution in [3.8, 4) is 0 Å². The highest BCUT2D eigenvalue weighted by atomic mass is 31.2. The molecular formula is C68H111NO8P+. The number of carbonyl (C=O) groups excluding carboxylic acids is 2. The maximum atomic E-state index is 12.8. The van der Waals surface area contributed by atoms with E-state index in [-0.39, 0.29) is 26.1 Å². The van der Waals surface area contributed by atoms with E-state index in [1.807, 2.05) is 21.1 Å². The van der Waals surface area contributed by atoms with Crippen molar-refractivity contribution in [2.45, 2.75) is 213 Å². The van der Waals surface area contributed by atoms with Gasteiger partial charge in [0.2, 0.25) is 0 Å². The normalized spacial score (nSPS) is 14.4. The van der Waals surface area contributed by atoms with Crippen LogP contribution in [0.2, 0.25) is 0 Å². The molecule has 0 spiro atoms. The van der Waals surface area contributed by atoms with Crippen LogP contribution in [0.5, 0.6) is 0 Å². The lowest BCUT2D eigenvalue weighted by Crippen LogP contribution is -2.37. The first kappa shape index (κ1) is 73.6. The number of allylic oxidation sites excluding steroid dienone is 26. The molecule has 0 saturated carbocycles. The van der Waals surface area contributed by atoms with Gasteiger partial charge in [-0.2, -0.15) is 0 Å². The molecule has 0 aliphatic heterocycles. The maximum absolute atomic E-state index is 12.8. The summed E-state index contributed by atoms with van der Waals surface area (Å²) in [5.74, 6) is -0.849. The highest BCUT2D eigenvalue weighted by molar-refractivity contribution is 7.47. The van der Waals surface area contributed by atoms with Gasteiger partial charge < -0.3 is 18.9 Å². The minimum absolute atomic E-state index is 0.0181. The fraction of sp³-hybridized carbons (Fsp3) is 0.588. The first-order valence-corrected chi connectivity index (χ1v) is 31.7. The first-order valence-electron chi connectivity index (χ1n) is 30.2. The van der Waals surface area contributed by atoms with Crippen LogP contribution in [0.3, 0.4) is 0 Å². The number of nitrogens with zero attached hydrogens (tertiary/aromatic N) is 1. The first-order chi connectivity index (χ1) is 38.0. The number of carbonyl (C=O) groups is 2. The van der Waals surface area contributed by atoms with Crippen LogP contribution in [-0.4, -0.2) is 74.9 Å². The Hall–Kier alpha value is -4.37. The predicted molar refractivity (Wildman–Crippen MR) is 334 cm³/mol. The van der Waals surface area contributed by atoms with Gasteiger partial charge >= 0.3 is 19.8 Å². The Kier molecular flexibility index (Phi) is 54.1. The van der Waals surface area contributed by atoms with Crippen molar-refractivity contribution in [1.29, 1.82) is 0 Å². The van der Waals surface area contributed by atoms with Gasteiger partial charge in [0.15, 0.2) is 6.10 Å². The summed E-state index contributed by atoms with van der Waals surface area (Å²) in [5, 5.41) is 0. The second-order valence-corrected chi connectivity index (χ2v) is 22.1. The molecule has 0 rings (SSSR count). The Morgan fingerprint density at radius 2 is 0.692 bits per heavy atom. The average molecular weight is 1100 g/mol. The number of esters is 2. The predicted octanol–water partition coefficient (Wildman–Crippen LogP) is 19.3. The van der Waals surface area contributed by atoms with E-state index in [9.17, 15) is 19.0 Å². The number of hydrogen-bond donors (Lipinski definition) is 1. The molecule has 10 heteroatoms. The minimum atomic E-state index is -4.40. The third-order valence-corrected chi connectivity index (χ3v) is 13.0. The molecule has 0 aliphatic rings. The molecule has 440 valence electrons. The lowest BCUT2D eigenvalue weighted by atomic mass is 10.0. The number of unbranched alkanes of at least 4 members (excludes halogenated alkanes) is 13. The number of ether oxygens (including phenoxy) is 2. The van der Waals surface area contributed by atoms with E-state index in [1.165, 1.54) is 38.5 Å². The van der Waals surface area contributed by atoms with E-state index in [4.69, 9.17) is 18.5 Å². The van der Waals surface area contributed by atoms with E-state index >= 15 is 0 Å². The topological polar surface area (TPSA) is 108 Å². The van der Waals surface area contributed by atoms with Gasteiger partial charge in [-0.15, -0.1) is 0 Å². The molecule has 0 aliphatic carbocycles. The van der Waals surface area contributed by atoms with Crippen molar-refractivity contribution >= 4 is 19.8 Å². The Labute approximate surface area is 477 Å². The van der Waals surface area contributed by atoms with Crippen molar-refractivity contribution < 1.29 is 42.1 Å². The van der Waals surface area contributed by atoms with E-state index < -0.39 is 32.5 Å². The zero-order chi connectivity index (χ0) is 57.0. The molecule has 0 aromatic rings. The molecule has 1 N–H and O–H groups in total. The second-order valence-electron chi connectivity index (χ2n) is 20.6. The van der Waals surface area contributed by atoms with E-state index in [1.54, 1.807) is 0 Å². The number of rotatable bonds is 53. The van der Waals surface area contributed by atoms with Gasteiger partial charge in [-0.25, -0.2) is 4.57 Å². The fourth-order valence-corrected chi connectivity index (χ4v) is 8.21. The standard InChI is InChI=1S/C68H110NO8P/c1-6-8-10-12-14-16-18-20-21-22-23-24-25-26-27-28-29-30-31-32-33-34-35-36-37-38-39-40-41-42-43-44-45-46-47-49-51-53-55-57-59-61-68(71)77-66(65-76-78(72,73)75-63-62-69(3,4)5)64-74-67(70)60-58-56-54-52-50-48-19-17-15-13-11-9-7-2/h8-11,14-17,20-21,23-24,26-27,29-30,32-33,35-36,38-39,41-42,48,50,66H,6-7,12-13,18-19,22,25,28,31,34,37,40,43-47,49,51-65H2,1-5H3/p+1/b10-8-,11-9-,16-14-,17-15-,21-20-,24-23-,27-26-,30-29-,33-32-,36-35-,39-38-,42-41-,50-48-. The summed E-state index contributed by atoms with van der Waals surface area (Å²) in [6.07, 6.45) is 86.2. The summed E-state index contributed by atoms with van der Waals surface area (Å²) in [6, 6.07) is 0. The van der Waals surface area contributed by atoms with E-state index in [0.717, 1.165) is 128 Å². The van der Waals surface area contributed by atoms with Crippen LogP contribution in [0.25, 0.3) is 0 Å². The summed E-state index contributed by atoms with van der Waals surface area (Å²) < 4.78 is 34.4. The Bertz CT molecular complexity index is 1870. The van der Waals surface area contributed by atoms with Crippen LogP contribution in [0.15, 0.2) is 158 Å². The van der Waals surface area contributed by atoms with Crippen molar-refractivity contribution in [1.82, 2.24) is 0 Å². The van der Waals surface area contributed by atoms with Crippen molar-refractivity contribution in [2.75, 3.05) is 47.5 Å². The van der Waals surface area contributed by atoms with Crippen LogP contribution >= 0.6 is 7.82 Å². The van der Waals surface area contributed by atoms with Gasteiger partial charge in [0.05, 0.1) is 27.7 Å². The van der Waals surface area contributed by atoms with Gasteiger partial charge in [0.25, 0.3) is 0 Å². The van der Waals surface area contributed by atoms with Crippen LogP contribution in [0.1, 0.15) is 206 Å². The Morgan fingerprint density at radius 3 is 1.04 bits per heavy atom. The molecule has 0 aromatic heterocycles. The maximum Gasteiger partial charge on any atom is 0.472 e. The number of phosphoric ester groups is 1. The molecular weight excluding hydrogens is 990 g/mol. The molecule has 0 fully saturated rings. The summed E-state index contributed by atoms with van der Waals surface area (Å²) in [7, 11) is 1.44. The molecule has 2 atom stereocenters. The third-order valence-electron chi connectivity index (χ3n) is 12.1. The third kappa shape index (κ3) is 60.9. The summed E-state index contributed by atoms with van der Waals surface area (Å²) in [6.45, 7) is 4.13. The van der Waals surface area contributed by atoms with Crippen LogP contribution < -0.4 is 0 Å². The molecule has 0 amide bonds. The quantitative estimate of drug-likeness (QED) is 0.0211. The highest BCUT2D eigenvalue weighted by Crippen LogP contribution is 2.43. The average Bonchev–Trinajstić information content (AvgIpc) is 3.40. The lowest BCUT2D eigenvalue weighted by Gasteiger charge is -2.24. The minimum Gasteiger partial charge on any atom is -0.462 e. The van der Waals surface area contributed by atoms with Gasteiger partial charge in [0, 0.05) is 12.8 Å². The molecule has 0 saturated heterocycles. The molecule has 0 heterocycles. The largest absolute Gasteiger partial charge is 0.472 e. The zero-order valence-corrected chi connectivity index (χ0v) is 50.7. The molecule has 78 heavy (non-hydrogen) atoms. The Balaban J connectivity index is 4.09. The van der Waals surface area contributed by atoms with Gasteiger partial charge in [-0.1, -0.05) is 230 Å². The molecule has 0 bridgehead atoms. The molecule has 2 unspecified atom stereocenters. The molecule has 0 radical (unpaired) electrons. The molecule has 9 nitrogen and oxygen atoms in total. The number of quaternary nitrogens is 1. The lowest BCUT2D eigenvalue weighted by molar-refractivity contribution is -0.870. The van der Waals surface area contributed by atoms with Crippen LogP contribution in [0, 0.1) is 0 Å². The Morgan fingerprint density at radius 1 is 0.397 bits per heavy atom. The van der Waals surface area contributed by atoms with Crippen molar-refractivity contribution in [3.63, 3.8) is 0 Å². The van der Waals surface area contributed by atoms with Crippen molar-refractivity contribution in [2.24, 2.45) is 0 Å². The van der Waals surface area contributed by atoms with Gasteiger partial charge in [-0.05, 0) is 122 Å². The number of likely N-dealkylation sites (N-methyl/N-ethyl adjacent to an activating group) is 1. The number of phosphoric acid groups is 1. The SMILES string of the molecule is CC/C=C\C/C=C\C/C=C\C/C=C\C/C=C\C/C=C\C/C=C\C/C=C\C/C=C\C/C=C\CCCCCCCCCCCCC(=O)OC(COC(=O)CCCCC/C=C\C/C=C\C/C=C\CC)COP(=O)(O)OCC[N+](C)(C)C. The molecule has 0 aromatic carbocycles. The van der Waals surface area contributed by atoms with Gasteiger partial charge in [0.1, 0.15) is 19.8 Å². The summed E-state index contributed by atoms with van der Waals surface area (Å²) in [4.78, 5) is 35.6. The highest BCUT2D eigenvalue weighted by Gasteiger charge is 2.27. The second kappa shape index (κ2) is 57.3. The van der Waals surface area contributed by atoms with Crippen molar-refractivity contribution in [3.05, 3.63) is 158 Å². The number of hydrogen-bond acceptors (Lipinski definition) is 7. The zero-order valence-electron chi connectivity index (χ0n) is 49.8. The van der Waals surface area contributed by atoms with Gasteiger partial charge in [-0.3, -0.25) is 18.6 Å². The van der Waals surface area contributed by atoms with Crippen LogP contribution in [0.4, 0.5) is 0 Å².